The van der Waals surface area contributed by atoms with E-state index in [2.05, 4.69) is 15.5 Å². The molecule has 8 heteroatoms. The minimum atomic E-state index is -1.04. The number of nitrogens with zero attached hydrogens (tertiary/aromatic N) is 3. The molecule has 1 aromatic heterocycles. The number of hydrogen-bond acceptors (Lipinski definition) is 5. The largest absolute Gasteiger partial charge is 0.480 e. The van der Waals surface area contributed by atoms with Crippen molar-refractivity contribution in [1.29, 1.82) is 0 Å². The van der Waals surface area contributed by atoms with Gasteiger partial charge in [-0.15, -0.1) is 10.2 Å². The predicted octanol–water partition coefficient (Wildman–Crippen LogP) is 1.11. The molecule has 94 valence electrons. The number of urea groups is 1. The molecule has 0 atom stereocenters. The van der Waals surface area contributed by atoms with Crippen molar-refractivity contribution in [2.75, 3.05) is 18.4 Å². The van der Waals surface area contributed by atoms with Gasteiger partial charge in [0.05, 0.1) is 0 Å². The molecular weight excluding hydrogens is 244 g/mol. The topological polar surface area (TPSA) is 95.4 Å². The summed E-state index contributed by atoms with van der Waals surface area (Å²) in [6.07, 6.45) is 0. The molecule has 0 radical (unpaired) electrons. The van der Waals surface area contributed by atoms with Gasteiger partial charge in [-0.25, -0.2) is 4.79 Å². The molecule has 7 nitrogen and oxygen atoms in total. The van der Waals surface area contributed by atoms with Crippen LogP contribution in [0.4, 0.5) is 9.93 Å². The Morgan fingerprint density at radius 2 is 2.29 bits per heavy atom. The van der Waals surface area contributed by atoms with E-state index >= 15 is 0 Å². The Balaban J connectivity index is 2.61. The van der Waals surface area contributed by atoms with E-state index in [9.17, 15) is 9.59 Å². The summed E-state index contributed by atoms with van der Waals surface area (Å²) < 4.78 is 0. The lowest BCUT2D eigenvalue weighted by atomic mass is 10.2. The van der Waals surface area contributed by atoms with Crippen LogP contribution in [0.5, 0.6) is 0 Å². The van der Waals surface area contributed by atoms with Crippen LogP contribution >= 0.6 is 11.3 Å². The zero-order valence-electron chi connectivity index (χ0n) is 9.58. The van der Waals surface area contributed by atoms with Gasteiger partial charge >= 0.3 is 12.0 Å². The van der Waals surface area contributed by atoms with Crippen molar-refractivity contribution in [2.45, 2.75) is 13.8 Å². The molecule has 0 bridgehead atoms. The molecule has 0 aliphatic heterocycles. The summed E-state index contributed by atoms with van der Waals surface area (Å²) >= 11 is 1.18. The Hall–Kier alpha value is -1.70. The smallest absolute Gasteiger partial charge is 0.324 e. The first-order valence-corrected chi connectivity index (χ1v) is 5.91. The Kier molecular flexibility index (Phi) is 4.83. The van der Waals surface area contributed by atoms with Gasteiger partial charge in [0.25, 0.3) is 0 Å². The number of carbonyl (C=O) groups is 2. The number of hydrogen-bond donors (Lipinski definition) is 2. The van der Waals surface area contributed by atoms with Gasteiger partial charge in [-0.05, 0) is 5.92 Å². The van der Waals surface area contributed by atoms with Crippen LogP contribution in [0.25, 0.3) is 0 Å². The maximum absolute atomic E-state index is 11.8. The van der Waals surface area contributed by atoms with E-state index in [-0.39, 0.29) is 12.5 Å². The molecule has 0 aliphatic carbocycles. The molecule has 17 heavy (non-hydrogen) atoms. The number of nitrogens with one attached hydrogen (secondary N) is 1. The number of amides is 2. The van der Waals surface area contributed by atoms with Gasteiger partial charge in [0.2, 0.25) is 5.13 Å². The molecule has 0 saturated carbocycles. The highest BCUT2D eigenvalue weighted by Gasteiger charge is 2.18. The number of aromatic nitrogens is 2. The van der Waals surface area contributed by atoms with Gasteiger partial charge < -0.3 is 10.0 Å². The Morgan fingerprint density at radius 1 is 1.59 bits per heavy atom. The second-order valence-electron chi connectivity index (χ2n) is 3.84. The molecule has 0 saturated heterocycles. The number of carboxylic acid groups (broad SMARTS) is 1. The van der Waals surface area contributed by atoms with Gasteiger partial charge in [0.15, 0.2) is 0 Å². The van der Waals surface area contributed by atoms with E-state index in [1.165, 1.54) is 21.7 Å². The van der Waals surface area contributed by atoms with Crippen molar-refractivity contribution in [3.05, 3.63) is 5.51 Å². The minimum absolute atomic E-state index is 0.189. The first kappa shape index (κ1) is 13.4. The number of carboxylic acids is 1. The van der Waals surface area contributed by atoms with Crippen molar-refractivity contribution in [1.82, 2.24) is 15.1 Å². The zero-order valence-corrected chi connectivity index (χ0v) is 10.4. The van der Waals surface area contributed by atoms with Crippen LogP contribution in [0, 0.1) is 5.92 Å². The second kappa shape index (κ2) is 6.14. The molecule has 2 amide bonds. The van der Waals surface area contributed by atoms with E-state index in [1.807, 2.05) is 13.8 Å². The third kappa shape index (κ3) is 4.77. The van der Waals surface area contributed by atoms with Crippen LogP contribution in [0.1, 0.15) is 13.8 Å². The number of carbonyl (C=O) groups excluding carboxylic acids is 1. The average Bonchev–Trinajstić information content (AvgIpc) is 2.67. The Bertz CT molecular complexity index is 380. The Morgan fingerprint density at radius 3 is 2.76 bits per heavy atom. The second-order valence-corrected chi connectivity index (χ2v) is 4.68. The van der Waals surface area contributed by atoms with Crippen LogP contribution in [-0.2, 0) is 4.79 Å². The lowest BCUT2D eigenvalue weighted by Gasteiger charge is -2.22. The van der Waals surface area contributed by atoms with Gasteiger partial charge in [-0.2, -0.15) is 0 Å². The quantitative estimate of drug-likeness (QED) is 0.825. The van der Waals surface area contributed by atoms with E-state index in [0.29, 0.717) is 11.7 Å². The fraction of sp³-hybridized carbons (Fsp3) is 0.556. The first-order chi connectivity index (χ1) is 7.99. The molecule has 1 rings (SSSR count). The highest BCUT2D eigenvalue weighted by molar-refractivity contribution is 7.13. The first-order valence-electron chi connectivity index (χ1n) is 5.03. The van der Waals surface area contributed by atoms with Gasteiger partial charge in [-0.3, -0.25) is 10.1 Å². The van der Waals surface area contributed by atoms with Crippen molar-refractivity contribution in [2.24, 2.45) is 5.92 Å². The SMILES string of the molecule is CC(C)CN(CC(=O)O)C(=O)Nc1nncs1. The summed E-state index contributed by atoms with van der Waals surface area (Å²) in [6, 6.07) is -0.474. The molecule has 2 N–H and O–H groups in total. The van der Waals surface area contributed by atoms with Crippen molar-refractivity contribution >= 4 is 28.5 Å². The monoisotopic (exact) mass is 258 g/mol. The minimum Gasteiger partial charge on any atom is -0.480 e. The normalized spacial score (nSPS) is 10.3. The van der Waals surface area contributed by atoms with E-state index in [4.69, 9.17) is 5.11 Å². The van der Waals surface area contributed by atoms with Crippen LogP contribution in [0.15, 0.2) is 5.51 Å². The van der Waals surface area contributed by atoms with Gasteiger partial charge in [0.1, 0.15) is 12.1 Å². The molecular formula is C9H14N4O3S. The summed E-state index contributed by atoms with van der Waals surface area (Å²) in [7, 11) is 0. The highest BCUT2D eigenvalue weighted by Crippen LogP contribution is 2.10. The van der Waals surface area contributed by atoms with E-state index in [0.717, 1.165) is 0 Å². The van der Waals surface area contributed by atoms with Gasteiger partial charge in [-0.1, -0.05) is 25.2 Å². The maximum Gasteiger partial charge on any atom is 0.324 e. The molecule has 1 aromatic rings. The molecule has 0 fully saturated rings. The number of aliphatic carboxylic acids is 1. The summed E-state index contributed by atoms with van der Waals surface area (Å²) in [5.74, 6) is -0.854. The Labute approximate surface area is 102 Å². The fourth-order valence-electron chi connectivity index (χ4n) is 1.22. The molecule has 0 unspecified atom stereocenters. The van der Waals surface area contributed by atoms with Crippen molar-refractivity contribution in [3.8, 4) is 0 Å². The summed E-state index contributed by atoms with van der Waals surface area (Å²) in [6.45, 7) is 3.86. The summed E-state index contributed by atoms with van der Waals surface area (Å²) in [4.78, 5) is 23.7. The summed E-state index contributed by atoms with van der Waals surface area (Å²) in [5.41, 5.74) is 1.49. The van der Waals surface area contributed by atoms with E-state index in [1.54, 1.807) is 0 Å². The van der Waals surface area contributed by atoms with E-state index < -0.39 is 12.0 Å². The van der Waals surface area contributed by atoms with Crippen LogP contribution in [0.2, 0.25) is 0 Å². The standard InChI is InChI=1S/C9H14N4O3S/c1-6(2)3-13(4-7(14)15)9(16)11-8-12-10-5-17-8/h5-6H,3-4H2,1-2H3,(H,14,15)(H,11,12,16). The van der Waals surface area contributed by atoms with Crippen LogP contribution in [0.3, 0.4) is 0 Å². The number of rotatable bonds is 5. The lowest BCUT2D eigenvalue weighted by Crippen LogP contribution is -2.40. The molecule has 0 spiro atoms. The molecule has 0 aliphatic rings. The third-order valence-corrected chi connectivity index (χ3v) is 2.38. The zero-order chi connectivity index (χ0) is 12.8. The van der Waals surface area contributed by atoms with Crippen LogP contribution in [-0.4, -0.2) is 45.3 Å². The maximum atomic E-state index is 11.8. The highest BCUT2D eigenvalue weighted by atomic mass is 32.1. The average molecular weight is 258 g/mol. The third-order valence-electron chi connectivity index (χ3n) is 1.77. The van der Waals surface area contributed by atoms with Crippen molar-refractivity contribution < 1.29 is 14.7 Å². The summed E-state index contributed by atoms with van der Waals surface area (Å²) in [5, 5.41) is 18.8. The fourth-order valence-corrected chi connectivity index (χ4v) is 1.66. The van der Waals surface area contributed by atoms with Crippen LogP contribution < -0.4 is 5.32 Å². The molecule has 0 aromatic carbocycles. The van der Waals surface area contributed by atoms with Crippen molar-refractivity contribution in [3.63, 3.8) is 0 Å². The lowest BCUT2D eigenvalue weighted by molar-refractivity contribution is -0.137. The molecule has 1 heterocycles. The number of anilines is 1. The predicted molar refractivity (Wildman–Crippen MR) is 63.0 cm³/mol. The van der Waals surface area contributed by atoms with Gasteiger partial charge in [0, 0.05) is 6.54 Å².